The van der Waals surface area contributed by atoms with E-state index >= 15 is 0 Å². The molecule has 4 rings (SSSR count). The molecule has 1 atom stereocenters. The highest BCUT2D eigenvalue weighted by Crippen LogP contribution is 2.36. The van der Waals surface area contributed by atoms with Crippen molar-refractivity contribution in [3.63, 3.8) is 0 Å². The van der Waals surface area contributed by atoms with Gasteiger partial charge in [-0.1, -0.05) is 12.1 Å². The van der Waals surface area contributed by atoms with Gasteiger partial charge in [0.15, 0.2) is 5.82 Å². The van der Waals surface area contributed by atoms with Crippen molar-refractivity contribution in [1.29, 1.82) is 0 Å². The first-order valence-electron chi connectivity index (χ1n) is 9.24. The van der Waals surface area contributed by atoms with Gasteiger partial charge in [-0.2, -0.15) is 4.98 Å². The number of benzene rings is 2. The third-order valence-corrected chi connectivity index (χ3v) is 4.75. The topological polar surface area (TPSA) is 115 Å². The number of hydrogen-bond donors (Lipinski definition) is 3. The molecule has 0 spiro atoms. The first-order valence-corrected chi connectivity index (χ1v) is 9.24. The second kappa shape index (κ2) is 7.31. The Kier molecular flexibility index (Phi) is 4.67. The molecule has 0 bridgehead atoms. The first kappa shape index (κ1) is 18.5. The Labute approximate surface area is 167 Å². The minimum absolute atomic E-state index is 0.137. The zero-order chi connectivity index (χ0) is 20.5. The van der Waals surface area contributed by atoms with E-state index in [4.69, 9.17) is 10.5 Å². The average Bonchev–Trinajstić information content (AvgIpc) is 3.12. The van der Waals surface area contributed by atoms with Crippen molar-refractivity contribution in [2.75, 3.05) is 11.9 Å². The Balaban J connectivity index is 1.79. The van der Waals surface area contributed by atoms with Crippen molar-refractivity contribution in [2.24, 2.45) is 5.73 Å². The number of fused-ring (bicyclic) bond motifs is 1. The van der Waals surface area contributed by atoms with Gasteiger partial charge in [0, 0.05) is 11.3 Å². The quantitative estimate of drug-likeness (QED) is 0.616. The number of anilines is 1. The van der Waals surface area contributed by atoms with Gasteiger partial charge >= 0.3 is 0 Å². The predicted molar refractivity (Wildman–Crippen MR) is 108 cm³/mol. The van der Waals surface area contributed by atoms with Crippen LogP contribution < -0.4 is 15.8 Å². The van der Waals surface area contributed by atoms with Gasteiger partial charge in [0.1, 0.15) is 17.5 Å². The fourth-order valence-electron chi connectivity index (χ4n) is 3.42. The summed E-state index contributed by atoms with van der Waals surface area (Å²) in [5.74, 6) is 1.39. The highest BCUT2D eigenvalue weighted by molar-refractivity contribution is 5.95. The molecule has 1 aromatic heterocycles. The van der Waals surface area contributed by atoms with Crippen molar-refractivity contribution < 1.29 is 14.6 Å². The monoisotopic (exact) mass is 391 g/mol. The summed E-state index contributed by atoms with van der Waals surface area (Å²) in [4.78, 5) is 16.8. The van der Waals surface area contributed by atoms with Crippen LogP contribution in [0.3, 0.4) is 0 Å². The lowest BCUT2D eigenvalue weighted by Gasteiger charge is -2.27. The van der Waals surface area contributed by atoms with E-state index in [1.54, 1.807) is 35.9 Å². The van der Waals surface area contributed by atoms with Crippen molar-refractivity contribution >= 4 is 11.9 Å². The molecule has 1 amide bonds. The van der Waals surface area contributed by atoms with Crippen LogP contribution in [0.15, 0.2) is 59.8 Å². The lowest BCUT2D eigenvalue weighted by Crippen LogP contribution is -2.31. The summed E-state index contributed by atoms with van der Waals surface area (Å²) in [5, 5.41) is 17.4. The maximum absolute atomic E-state index is 12.2. The Morgan fingerprint density at radius 1 is 1.21 bits per heavy atom. The van der Waals surface area contributed by atoms with E-state index in [2.05, 4.69) is 15.4 Å². The summed E-state index contributed by atoms with van der Waals surface area (Å²) >= 11 is 0. The van der Waals surface area contributed by atoms with Crippen LogP contribution in [0.25, 0.3) is 11.4 Å². The van der Waals surface area contributed by atoms with Gasteiger partial charge in [0.25, 0.3) is 0 Å². The molecular formula is C21H21N5O3. The molecule has 1 unspecified atom stereocenters. The minimum Gasteiger partial charge on any atom is -0.508 e. The second-order valence-electron chi connectivity index (χ2n) is 6.68. The largest absolute Gasteiger partial charge is 0.508 e. The number of aromatic nitrogens is 3. The van der Waals surface area contributed by atoms with E-state index in [1.165, 1.54) is 0 Å². The number of ether oxygens (including phenoxy) is 1. The summed E-state index contributed by atoms with van der Waals surface area (Å²) in [7, 11) is 0. The molecule has 3 aromatic rings. The van der Waals surface area contributed by atoms with Gasteiger partial charge < -0.3 is 20.9 Å². The average molecular weight is 391 g/mol. The van der Waals surface area contributed by atoms with E-state index in [-0.39, 0.29) is 5.75 Å². The van der Waals surface area contributed by atoms with Crippen LogP contribution in [0.1, 0.15) is 25.5 Å². The van der Waals surface area contributed by atoms with Gasteiger partial charge in [0.05, 0.1) is 12.2 Å². The first-order chi connectivity index (χ1) is 14.0. The lowest BCUT2D eigenvalue weighted by atomic mass is 9.95. The fraction of sp³-hybridized carbons (Fsp3) is 0.190. The maximum Gasteiger partial charge on any atom is 0.248 e. The van der Waals surface area contributed by atoms with Crippen LogP contribution in [0.2, 0.25) is 0 Å². The number of rotatable bonds is 5. The zero-order valence-electron chi connectivity index (χ0n) is 16.1. The van der Waals surface area contributed by atoms with Crippen molar-refractivity contribution in [3.05, 3.63) is 65.4 Å². The van der Waals surface area contributed by atoms with Crippen LogP contribution in [-0.4, -0.2) is 32.4 Å². The third kappa shape index (κ3) is 3.40. The number of phenolic OH excluding ortho intramolecular Hbond substituents is 1. The van der Waals surface area contributed by atoms with Crippen LogP contribution in [-0.2, 0) is 4.79 Å². The number of phenols is 1. The number of nitrogens with zero attached hydrogens (tertiary/aromatic N) is 3. The highest BCUT2D eigenvalue weighted by atomic mass is 16.5. The Morgan fingerprint density at radius 3 is 2.52 bits per heavy atom. The number of carbonyl (C=O) groups excluding carboxylic acids is 1. The Morgan fingerprint density at radius 2 is 1.90 bits per heavy atom. The fourth-order valence-corrected chi connectivity index (χ4v) is 3.42. The molecule has 8 heteroatoms. The van der Waals surface area contributed by atoms with Gasteiger partial charge in [-0.15, -0.1) is 5.10 Å². The number of primary amides is 1. The summed E-state index contributed by atoms with van der Waals surface area (Å²) < 4.78 is 7.12. The summed E-state index contributed by atoms with van der Waals surface area (Å²) in [6.45, 7) is 4.30. The lowest BCUT2D eigenvalue weighted by molar-refractivity contribution is -0.115. The number of aromatic hydroxyl groups is 1. The maximum atomic E-state index is 12.2. The number of nitrogens with one attached hydrogen (secondary N) is 1. The summed E-state index contributed by atoms with van der Waals surface area (Å²) in [6.07, 6.45) is 0. The molecule has 2 heterocycles. The van der Waals surface area contributed by atoms with Gasteiger partial charge in [-0.3, -0.25) is 4.79 Å². The van der Waals surface area contributed by atoms with Crippen molar-refractivity contribution in [2.45, 2.75) is 19.9 Å². The number of allylic oxidation sites excluding steroid dienone is 1. The molecule has 4 N–H and O–H groups in total. The van der Waals surface area contributed by atoms with Gasteiger partial charge in [-0.25, -0.2) is 4.68 Å². The van der Waals surface area contributed by atoms with E-state index in [1.807, 2.05) is 31.2 Å². The normalized spacial score (nSPS) is 15.6. The Bertz CT molecular complexity index is 1080. The smallest absolute Gasteiger partial charge is 0.248 e. The van der Waals surface area contributed by atoms with Gasteiger partial charge in [0.2, 0.25) is 11.9 Å². The van der Waals surface area contributed by atoms with Crippen LogP contribution >= 0.6 is 0 Å². The SMILES string of the molecule is CCOc1ccc(-c2nc3n(n2)C(c2ccc(O)cc2)C(C(N)=O)=C(C)N3)cc1. The number of carbonyl (C=O) groups is 1. The predicted octanol–water partition coefficient (Wildman–Crippen LogP) is 2.82. The van der Waals surface area contributed by atoms with E-state index in [0.717, 1.165) is 16.9 Å². The molecule has 0 radical (unpaired) electrons. The van der Waals surface area contributed by atoms with Crippen LogP contribution in [0.4, 0.5) is 5.95 Å². The molecule has 29 heavy (non-hydrogen) atoms. The zero-order valence-corrected chi connectivity index (χ0v) is 16.1. The van der Waals surface area contributed by atoms with Crippen LogP contribution in [0, 0.1) is 0 Å². The molecule has 0 aliphatic carbocycles. The van der Waals surface area contributed by atoms with Crippen molar-refractivity contribution in [3.8, 4) is 22.9 Å². The molecule has 1 aliphatic heterocycles. The number of nitrogens with two attached hydrogens (primary N) is 1. The van der Waals surface area contributed by atoms with E-state index in [0.29, 0.717) is 29.6 Å². The number of amides is 1. The molecular weight excluding hydrogens is 370 g/mol. The van der Waals surface area contributed by atoms with E-state index < -0.39 is 11.9 Å². The van der Waals surface area contributed by atoms with Crippen molar-refractivity contribution in [1.82, 2.24) is 14.8 Å². The third-order valence-electron chi connectivity index (χ3n) is 4.75. The second-order valence-corrected chi connectivity index (χ2v) is 6.68. The minimum atomic E-state index is -0.548. The molecule has 1 aliphatic rings. The molecule has 0 fully saturated rings. The molecule has 0 saturated carbocycles. The molecule has 8 nitrogen and oxygen atoms in total. The molecule has 0 saturated heterocycles. The molecule has 2 aromatic carbocycles. The summed E-state index contributed by atoms with van der Waals surface area (Å²) in [5.41, 5.74) is 8.27. The highest BCUT2D eigenvalue weighted by Gasteiger charge is 2.33. The van der Waals surface area contributed by atoms with E-state index in [9.17, 15) is 9.90 Å². The summed E-state index contributed by atoms with van der Waals surface area (Å²) in [6, 6.07) is 13.6. The standard InChI is InChI=1S/C21H21N5O3/c1-3-29-16-10-6-14(7-11-16)20-24-21-23-12(2)17(19(22)28)18(26(21)25-20)13-4-8-15(27)9-5-13/h4-11,18,27H,3H2,1-2H3,(H2,22,28)(H,23,24,25). The Hall–Kier alpha value is -3.81. The van der Waals surface area contributed by atoms with Crippen LogP contribution in [0.5, 0.6) is 11.5 Å². The number of hydrogen-bond acceptors (Lipinski definition) is 6. The molecule has 148 valence electrons. The van der Waals surface area contributed by atoms with Gasteiger partial charge in [-0.05, 0) is 55.8 Å².